The van der Waals surface area contributed by atoms with Crippen molar-refractivity contribution in [3.05, 3.63) is 77.5 Å². The van der Waals surface area contributed by atoms with Crippen LogP contribution in [0, 0.1) is 0 Å². The maximum Gasteiger partial charge on any atom is 0.251 e. The summed E-state index contributed by atoms with van der Waals surface area (Å²) in [6, 6.07) is 12.1. The predicted octanol–water partition coefficient (Wildman–Crippen LogP) is 3.15. The quantitative estimate of drug-likeness (QED) is 0.787. The number of nitrogens with zero attached hydrogens (tertiary/aromatic N) is 2. The summed E-state index contributed by atoms with van der Waals surface area (Å²) in [7, 11) is 0. The van der Waals surface area contributed by atoms with Crippen LogP contribution in [0.25, 0.3) is 0 Å². The largest absolute Gasteiger partial charge is 0.467 e. The number of furan rings is 1. The van der Waals surface area contributed by atoms with Gasteiger partial charge in [0, 0.05) is 29.5 Å². The van der Waals surface area contributed by atoms with Crippen molar-refractivity contribution < 1.29 is 9.21 Å². The molecule has 3 rings (SSSR count). The van der Waals surface area contributed by atoms with Crippen molar-refractivity contribution in [2.45, 2.75) is 6.04 Å². The number of hydrogen-bond acceptors (Lipinski definition) is 3. The number of carbonyl (C=O) groups is 1. The molecule has 3 aromatic rings. The van der Waals surface area contributed by atoms with Gasteiger partial charge in [-0.25, -0.2) is 0 Å². The number of carbonyl (C=O) groups excluding carboxylic acids is 1. The molecule has 22 heavy (non-hydrogen) atoms. The maximum absolute atomic E-state index is 12.2. The van der Waals surface area contributed by atoms with E-state index in [1.807, 2.05) is 24.4 Å². The summed E-state index contributed by atoms with van der Waals surface area (Å²) in [6.07, 6.45) is 5.13. The lowest BCUT2D eigenvalue weighted by Gasteiger charge is -2.16. The number of benzene rings is 1. The number of aromatic nitrogens is 2. The Morgan fingerprint density at radius 1 is 1.27 bits per heavy atom. The highest BCUT2D eigenvalue weighted by molar-refractivity contribution is 6.30. The number of hydrogen-bond donors (Lipinski definition) is 1. The monoisotopic (exact) mass is 315 g/mol. The van der Waals surface area contributed by atoms with Crippen LogP contribution in [0.2, 0.25) is 5.02 Å². The van der Waals surface area contributed by atoms with Gasteiger partial charge in [-0.2, -0.15) is 5.10 Å². The number of rotatable bonds is 5. The lowest BCUT2D eigenvalue weighted by molar-refractivity contribution is 0.0948. The Bertz CT molecular complexity index is 687. The fourth-order valence-electron chi connectivity index (χ4n) is 2.16. The zero-order chi connectivity index (χ0) is 15.4. The predicted molar refractivity (Wildman–Crippen MR) is 82.9 cm³/mol. The van der Waals surface area contributed by atoms with Crippen molar-refractivity contribution in [2.75, 3.05) is 6.54 Å². The molecule has 0 saturated heterocycles. The van der Waals surface area contributed by atoms with Crippen LogP contribution in [0.4, 0.5) is 0 Å². The fraction of sp³-hybridized carbons (Fsp3) is 0.125. The standard InChI is InChI=1S/C16H14ClN3O2/c17-13-6-4-12(5-7-13)16(21)18-11-14(15-3-1-10-22-15)20-9-2-8-19-20/h1-10,14H,11H2,(H,18,21). The van der Waals surface area contributed by atoms with E-state index >= 15 is 0 Å². The van der Waals surface area contributed by atoms with E-state index in [0.29, 0.717) is 17.1 Å². The van der Waals surface area contributed by atoms with Crippen LogP contribution in [0.3, 0.4) is 0 Å². The van der Waals surface area contributed by atoms with Crippen molar-refractivity contribution in [2.24, 2.45) is 0 Å². The van der Waals surface area contributed by atoms with Gasteiger partial charge in [0.05, 0.1) is 6.26 Å². The third kappa shape index (κ3) is 3.20. The molecule has 0 radical (unpaired) electrons. The van der Waals surface area contributed by atoms with Gasteiger partial charge in [-0.3, -0.25) is 9.48 Å². The van der Waals surface area contributed by atoms with Crippen molar-refractivity contribution in [3.63, 3.8) is 0 Å². The van der Waals surface area contributed by atoms with Crippen molar-refractivity contribution in [1.29, 1.82) is 0 Å². The van der Waals surface area contributed by atoms with Gasteiger partial charge in [0.1, 0.15) is 11.8 Å². The summed E-state index contributed by atoms with van der Waals surface area (Å²) in [6.45, 7) is 0.372. The van der Waals surface area contributed by atoms with Crippen molar-refractivity contribution >= 4 is 17.5 Å². The summed E-state index contributed by atoms with van der Waals surface area (Å²) in [4.78, 5) is 12.2. The normalized spacial score (nSPS) is 12.0. The van der Waals surface area contributed by atoms with Crippen LogP contribution in [0.5, 0.6) is 0 Å². The average molecular weight is 316 g/mol. The smallest absolute Gasteiger partial charge is 0.251 e. The van der Waals surface area contributed by atoms with Gasteiger partial charge in [-0.1, -0.05) is 11.6 Å². The molecule has 0 spiro atoms. The van der Waals surface area contributed by atoms with E-state index in [2.05, 4.69) is 10.4 Å². The Balaban J connectivity index is 1.72. The molecular weight excluding hydrogens is 302 g/mol. The van der Waals surface area contributed by atoms with Crippen LogP contribution in [-0.2, 0) is 0 Å². The molecule has 0 aliphatic carbocycles. The van der Waals surface area contributed by atoms with E-state index in [1.54, 1.807) is 41.4 Å². The second-order valence-electron chi connectivity index (χ2n) is 4.73. The molecule has 2 aromatic heterocycles. The lowest BCUT2D eigenvalue weighted by atomic mass is 10.2. The number of amides is 1. The number of halogens is 1. The third-order valence-electron chi connectivity index (χ3n) is 3.28. The molecule has 1 aromatic carbocycles. The first-order valence-corrected chi connectivity index (χ1v) is 7.18. The van der Waals surface area contributed by atoms with E-state index < -0.39 is 0 Å². The molecule has 0 aliphatic heterocycles. The summed E-state index contributed by atoms with van der Waals surface area (Å²) in [5, 5.41) is 7.71. The van der Waals surface area contributed by atoms with E-state index in [-0.39, 0.29) is 11.9 Å². The summed E-state index contributed by atoms with van der Waals surface area (Å²) in [5.74, 6) is 0.570. The van der Waals surface area contributed by atoms with Crippen molar-refractivity contribution in [3.8, 4) is 0 Å². The molecule has 1 atom stereocenters. The van der Waals surface area contributed by atoms with Crippen LogP contribution in [-0.4, -0.2) is 22.2 Å². The van der Waals surface area contributed by atoms with Gasteiger partial charge < -0.3 is 9.73 Å². The molecule has 6 heteroatoms. The highest BCUT2D eigenvalue weighted by Crippen LogP contribution is 2.17. The minimum atomic E-state index is -0.193. The van der Waals surface area contributed by atoms with Crippen LogP contribution in [0.15, 0.2) is 65.5 Å². The average Bonchev–Trinajstić information content (AvgIpc) is 3.22. The third-order valence-corrected chi connectivity index (χ3v) is 3.53. The first-order chi connectivity index (χ1) is 10.7. The van der Waals surface area contributed by atoms with E-state index in [0.717, 1.165) is 5.76 Å². The Hall–Kier alpha value is -2.53. The lowest BCUT2D eigenvalue weighted by Crippen LogP contribution is -2.31. The molecule has 0 aliphatic rings. The molecule has 5 nitrogen and oxygen atoms in total. The Kier molecular flexibility index (Phi) is 4.25. The van der Waals surface area contributed by atoms with Crippen LogP contribution >= 0.6 is 11.6 Å². The molecule has 2 heterocycles. The molecule has 0 fully saturated rings. The number of nitrogens with one attached hydrogen (secondary N) is 1. The maximum atomic E-state index is 12.2. The molecule has 1 unspecified atom stereocenters. The van der Waals surface area contributed by atoms with E-state index in [9.17, 15) is 4.79 Å². The van der Waals surface area contributed by atoms with Crippen molar-refractivity contribution in [1.82, 2.24) is 15.1 Å². The first-order valence-electron chi connectivity index (χ1n) is 6.80. The Morgan fingerprint density at radius 3 is 2.73 bits per heavy atom. The minimum Gasteiger partial charge on any atom is -0.467 e. The SMILES string of the molecule is O=C(NCC(c1ccco1)n1cccn1)c1ccc(Cl)cc1. The highest BCUT2D eigenvalue weighted by Gasteiger charge is 2.18. The van der Waals surface area contributed by atoms with E-state index in [1.165, 1.54) is 0 Å². The van der Waals surface area contributed by atoms with Gasteiger partial charge in [0.15, 0.2) is 0 Å². The molecule has 1 N–H and O–H groups in total. The van der Waals surface area contributed by atoms with E-state index in [4.69, 9.17) is 16.0 Å². The molecule has 0 saturated carbocycles. The Labute approximate surface area is 132 Å². The zero-order valence-electron chi connectivity index (χ0n) is 11.6. The Morgan fingerprint density at radius 2 is 2.09 bits per heavy atom. The van der Waals surface area contributed by atoms with Crippen LogP contribution in [0.1, 0.15) is 22.2 Å². The van der Waals surface area contributed by atoms with Crippen LogP contribution < -0.4 is 5.32 Å². The molecular formula is C16H14ClN3O2. The topological polar surface area (TPSA) is 60.1 Å². The summed E-state index contributed by atoms with van der Waals surface area (Å²) >= 11 is 5.82. The molecule has 1 amide bonds. The minimum absolute atomic E-state index is 0.166. The van der Waals surface area contributed by atoms with Gasteiger partial charge in [-0.15, -0.1) is 0 Å². The van der Waals surface area contributed by atoms with Gasteiger partial charge in [0.2, 0.25) is 0 Å². The first kappa shape index (κ1) is 14.4. The molecule has 0 bridgehead atoms. The highest BCUT2D eigenvalue weighted by atomic mass is 35.5. The second-order valence-corrected chi connectivity index (χ2v) is 5.17. The second kappa shape index (κ2) is 6.49. The summed E-state index contributed by atoms with van der Waals surface area (Å²) in [5.41, 5.74) is 0.558. The molecule has 112 valence electrons. The fourth-order valence-corrected chi connectivity index (χ4v) is 2.29. The van der Waals surface area contributed by atoms with Gasteiger partial charge in [-0.05, 0) is 42.5 Å². The summed E-state index contributed by atoms with van der Waals surface area (Å²) < 4.78 is 7.19. The van der Waals surface area contributed by atoms with Gasteiger partial charge in [0.25, 0.3) is 5.91 Å². The zero-order valence-corrected chi connectivity index (χ0v) is 12.4. The van der Waals surface area contributed by atoms with Gasteiger partial charge >= 0.3 is 0 Å².